The largest absolute Gasteiger partial charge is 0.294 e. The maximum atomic E-state index is 12.2. The average molecular weight is 280 g/mol. The zero-order valence-corrected chi connectivity index (χ0v) is 12.5. The molecular formula is C19H20O2. The van der Waals surface area contributed by atoms with Crippen molar-refractivity contribution < 1.29 is 9.59 Å². The lowest BCUT2D eigenvalue weighted by Gasteiger charge is -2.52. The number of fused-ring (bicyclic) bond motifs is 5. The van der Waals surface area contributed by atoms with E-state index in [1.807, 2.05) is 0 Å². The molecule has 0 N–H and O–H groups in total. The van der Waals surface area contributed by atoms with Crippen LogP contribution in [0.15, 0.2) is 48.1 Å². The molecule has 4 rings (SSSR count). The van der Waals surface area contributed by atoms with Crippen molar-refractivity contribution in [1.82, 2.24) is 0 Å². The molecule has 0 unspecified atom stereocenters. The van der Waals surface area contributed by atoms with Gasteiger partial charge in [0.2, 0.25) is 0 Å². The highest BCUT2D eigenvalue weighted by molar-refractivity contribution is 6.01. The number of hydrogen-bond donors (Lipinski definition) is 0. The second kappa shape index (κ2) is 3.94. The van der Waals surface area contributed by atoms with Crippen molar-refractivity contribution in [3.05, 3.63) is 48.1 Å². The van der Waals surface area contributed by atoms with Gasteiger partial charge in [0.05, 0.1) is 0 Å². The summed E-state index contributed by atoms with van der Waals surface area (Å²) in [5, 5.41) is 0. The molecule has 1 fully saturated rings. The summed E-state index contributed by atoms with van der Waals surface area (Å²) in [6, 6.07) is 0. The molecule has 0 heterocycles. The van der Waals surface area contributed by atoms with Gasteiger partial charge in [-0.15, -0.1) is 0 Å². The summed E-state index contributed by atoms with van der Waals surface area (Å²) in [5.74, 6) is 1.56. The second-order valence-electron chi connectivity index (χ2n) is 7.37. The van der Waals surface area contributed by atoms with E-state index in [4.69, 9.17) is 0 Å². The Labute approximate surface area is 125 Å². The Hall–Kier alpha value is -1.70. The summed E-state index contributed by atoms with van der Waals surface area (Å²) < 4.78 is 0. The van der Waals surface area contributed by atoms with Crippen LogP contribution in [0.4, 0.5) is 0 Å². The molecule has 0 aliphatic heterocycles. The summed E-state index contributed by atoms with van der Waals surface area (Å²) >= 11 is 0. The quantitative estimate of drug-likeness (QED) is 0.681. The lowest BCUT2D eigenvalue weighted by Crippen LogP contribution is -2.48. The topological polar surface area (TPSA) is 34.1 Å². The van der Waals surface area contributed by atoms with Crippen molar-refractivity contribution >= 4 is 11.6 Å². The zero-order valence-electron chi connectivity index (χ0n) is 12.5. The van der Waals surface area contributed by atoms with Crippen molar-refractivity contribution in [3.8, 4) is 0 Å². The molecule has 1 saturated carbocycles. The monoisotopic (exact) mass is 280 g/mol. The van der Waals surface area contributed by atoms with Crippen molar-refractivity contribution in [3.63, 3.8) is 0 Å². The van der Waals surface area contributed by atoms with Crippen LogP contribution in [0.5, 0.6) is 0 Å². The van der Waals surface area contributed by atoms with E-state index in [0.717, 1.165) is 18.4 Å². The fraction of sp³-hybridized carbons (Fsp3) is 0.474. The summed E-state index contributed by atoms with van der Waals surface area (Å²) in [6.07, 6.45) is 15.8. The summed E-state index contributed by atoms with van der Waals surface area (Å²) in [4.78, 5) is 23.9. The molecule has 0 amide bonds. The molecule has 0 aromatic heterocycles. The van der Waals surface area contributed by atoms with Crippen LogP contribution in [0.25, 0.3) is 0 Å². The maximum absolute atomic E-state index is 12.2. The maximum Gasteiger partial charge on any atom is 0.178 e. The first kappa shape index (κ1) is 13.0. The van der Waals surface area contributed by atoms with Crippen molar-refractivity contribution in [2.45, 2.75) is 26.7 Å². The number of ketones is 2. The molecule has 108 valence electrons. The van der Waals surface area contributed by atoms with Gasteiger partial charge >= 0.3 is 0 Å². The fourth-order valence-corrected chi connectivity index (χ4v) is 4.94. The van der Waals surface area contributed by atoms with Crippen LogP contribution in [0, 0.1) is 28.6 Å². The Morgan fingerprint density at radius 1 is 1.10 bits per heavy atom. The normalized spacial score (nSPS) is 47.0. The van der Waals surface area contributed by atoms with Gasteiger partial charge in [0, 0.05) is 10.8 Å². The SMILES string of the molecule is C[C@]12C=CC(=O)C=C1C=C[C@@H]1[C@@H]2CC[C@]2(C)C(=O)C=C[C@@H]12. The van der Waals surface area contributed by atoms with E-state index in [2.05, 4.69) is 38.2 Å². The molecule has 0 aromatic carbocycles. The smallest absolute Gasteiger partial charge is 0.178 e. The predicted molar refractivity (Wildman–Crippen MR) is 81.4 cm³/mol. The number of hydrogen-bond acceptors (Lipinski definition) is 2. The van der Waals surface area contributed by atoms with Gasteiger partial charge in [-0.3, -0.25) is 9.59 Å². The first-order chi connectivity index (χ1) is 9.95. The molecule has 0 aromatic rings. The van der Waals surface area contributed by atoms with Crippen molar-refractivity contribution in [2.24, 2.45) is 28.6 Å². The van der Waals surface area contributed by atoms with Crippen LogP contribution in [-0.4, -0.2) is 11.6 Å². The van der Waals surface area contributed by atoms with Crippen LogP contribution in [0.1, 0.15) is 26.7 Å². The van der Waals surface area contributed by atoms with Gasteiger partial charge in [-0.1, -0.05) is 38.2 Å². The van der Waals surface area contributed by atoms with Gasteiger partial charge in [-0.2, -0.15) is 0 Å². The van der Waals surface area contributed by atoms with E-state index in [0.29, 0.717) is 23.5 Å². The summed E-state index contributed by atoms with van der Waals surface area (Å²) in [7, 11) is 0. The van der Waals surface area contributed by atoms with Crippen LogP contribution in [0.2, 0.25) is 0 Å². The van der Waals surface area contributed by atoms with Gasteiger partial charge in [-0.25, -0.2) is 0 Å². The Morgan fingerprint density at radius 2 is 1.90 bits per heavy atom. The van der Waals surface area contributed by atoms with Gasteiger partial charge < -0.3 is 0 Å². The molecule has 2 heteroatoms. The summed E-state index contributed by atoms with van der Waals surface area (Å²) in [6.45, 7) is 4.37. The zero-order chi connectivity index (χ0) is 14.8. The average Bonchev–Trinajstić information content (AvgIpc) is 2.76. The molecule has 0 spiro atoms. The van der Waals surface area contributed by atoms with Crippen molar-refractivity contribution in [1.29, 1.82) is 0 Å². The second-order valence-corrected chi connectivity index (χ2v) is 7.37. The van der Waals surface area contributed by atoms with Gasteiger partial charge in [0.15, 0.2) is 11.6 Å². The Kier molecular flexibility index (Phi) is 2.44. The standard InChI is InChI=1S/C19H20O2/c1-18-9-7-13(20)11-12(18)3-4-14-15-5-6-17(21)19(15,2)10-8-16(14)18/h3-7,9,11,14-16H,8,10H2,1-2H3/t14-,15-,16-,18-,19-/m0/s1. The Bertz CT molecular complexity index is 663. The molecule has 21 heavy (non-hydrogen) atoms. The van der Waals surface area contributed by atoms with E-state index in [1.165, 1.54) is 0 Å². The number of allylic oxidation sites excluding steroid dienone is 8. The van der Waals surface area contributed by atoms with Crippen LogP contribution < -0.4 is 0 Å². The Morgan fingerprint density at radius 3 is 2.71 bits per heavy atom. The first-order valence-corrected chi connectivity index (χ1v) is 7.81. The first-order valence-electron chi connectivity index (χ1n) is 7.81. The molecule has 4 aliphatic rings. The fourth-order valence-electron chi connectivity index (χ4n) is 4.94. The predicted octanol–water partition coefficient (Wildman–Crippen LogP) is 3.42. The third-order valence-corrected chi connectivity index (χ3v) is 6.39. The van der Waals surface area contributed by atoms with E-state index in [-0.39, 0.29) is 16.6 Å². The lowest BCUT2D eigenvalue weighted by atomic mass is 9.50. The highest BCUT2D eigenvalue weighted by Gasteiger charge is 2.55. The molecule has 0 saturated heterocycles. The van der Waals surface area contributed by atoms with Gasteiger partial charge in [0.25, 0.3) is 0 Å². The molecule has 0 bridgehead atoms. The molecule has 5 atom stereocenters. The third-order valence-electron chi connectivity index (χ3n) is 6.39. The van der Waals surface area contributed by atoms with E-state index < -0.39 is 0 Å². The summed E-state index contributed by atoms with van der Waals surface area (Å²) in [5.41, 5.74) is 0.860. The van der Waals surface area contributed by atoms with E-state index >= 15 is 0 Å². The highest BCUT2D eigenvalue weighted by Crippen LogP contribution is 2.60. The third kappa shape index (κ3) is 1.53. The minimum absolute atomic E-state index is 0.0614. The lowest BCUT2D eigenvalue weighted by molar-refractivity contribution is -0.127. The Balaban J connectivity index is 1.80. The van der Waals surface area contributed by atoms with Crippen LogP contribution in [0.3, 0.4) is 0 Å². The van der Waals surface area contributed by atoms with Gasteiger partial charge in [-0.05, 0) is 54.4 Å². The minimum atomic E-state index is -0.211. The molecule has 2 nitrogen and oxygen atoms in total. The molecular weight excluding hydrogens is 260 g/mol. The van der Waals surface area contributed by atoms with Crippen LogP contribution >= 0.6 is 0 Å². The van der Waals surface area contributed by atoms with E-state index in [9.17, 15) is 9.59 Å². The molecule has 4 aliphatic carbocycles. The van der Waals surface area contributed by atoms with Gasteiger partial charge in [0.1, 0.15) is 0 Å². The molecule has 0 radical (unpaired) electrons. The number of rotatable bonds is 0. The highest BCUT2D eigenvalue weighted by atomic mass is 16.1. The van der Waals surface area contributed by atoms with Crippen LogP contribution in [-0.2, 0) is 9.59 Å². The number of carbonyl (C=O) groups excluding carboxylic acids is 2. The van der Waals surface area contributed by atoms with E-state index in [1.54, 1.807) is 18.2 Å². The van der Waals surface area contributed by atoms with Crippen molar-refractivity contribution in [2.75, 3.05) is 0 Å². The minimum Gasteiger partial charge on any atom is -0.294 e. The number of carbonyl (C=O) groups is 2.